The average Bonchev–Trinajstić information content (AvgIpc) is 3.63. The number of aromatic nitrogens is 1. The maximum atomic E-state index is 6.41. The van der Waals surface area contributed by atoms with E-state index >= 15 is 0 Å². The number of rotatable bonds is 21. The van der Waals surface area contributed by atoms with Gasteiger partial charge >= 0.3 is 0 Å². The number of nitrogens with zero attached hydrogens (tertiary/aromatic N) is 2. The predicted molar refractivity (Wildman–Crippen MR) is 237 cm³/mol. The van der Waals surface area contributed by atoms with Crippen molar-refractivity contribution in [2.75, 3.05) is 31.5 Å². The summed E-state index contributed by atoms with van der Waals surface area (Å²) in [7, 11) is -1.75. The smallest absolute Gasteiger partial charge is 0.242 e. The molecular weight excluding hydrogens is 702 g/mol. The van der Waals surface area contributed by atoms with E-state index in [0.29, 0.717) is 11.8 Å². The maximum Gasteiger partial charge on any atom is 0.242 e. The molecule has 300 valence electrons. The topological polar surface area (TPSA) is 34.2 Å². The minimum atomic E-state index is -1.75. The monoisotopic (exact) mass is 776 g/mol. The van der Waals surface area contributed by atoms with Gasteiger partial charge in [0, 0.05) is 16.6 Å². The van der Waals surface area contributed by atoms with Crippen LogP contribution in [0, 0.1) is 0 Å². The molecule has 7 heteroatoms. The number of nitrogens with one attached hydrogen (secondary N) is 1. The standard InChI is InChI=1S/C31H38N2OSSi.C16H36N.FH/c1-21(2)24-17-13-18-25(22(3)4)30(24)33-29(23-14-9-8-10-15-23)31-32-27(20-35-31)26-16-11-12-19-28(26)34-36(5,6)7;1-5-9-13-17(14-10-6-2,15-11-7-3)16-12-8-4;/h8-22,29,33H,1-7H3;5-16H2,1-4H3;1H/q;+1;/p-1. The van der Waals surface area contributed by atoms with Gasteiger partial charge in [-0.3, -0.25) is 0 Å². The first-order chi connectivity index (χ1) is 25.4. The predicted octanol–water partition coefficient (Wildman–Crippen LogP) is 11.5. The maximum absolute atomic E-state index is 6.41. The van der Waals surface area contributed by atoms with Crippen molar-refractivity contribution >= 4 is 25.3 Å². The van der Waals surface area contributed by atoms with Gasteiger partial charge in [0.1, 0.15) is 16.8 Å². The highest BCUT2D eigenvalue weighted by atomic mass is 32.1. The second-order valence-corrected chi connectivity index (χ2v) is 21.9. The summed E-state index contributed by atoms with van der Waals surface area (Å²) in [5.74, 6) is 1.75. The fourth-order valence-corrected chi connectivity index (χ4v) is 8.81. The second-order valence-electron chi connectivity index (χ2n) is 16.5. The number of hydrogen-bond donors (Lipinski definition) is 1. The lowest BCUT2D eigenvalue weighted by molar-refractivity contribution is -0.929. The summed E-state index contributed by atoms with van der Waals surface area (Å²) in [5, 5.41) is 7.16. The molecule has 4 nitrogen and oxygen atoms in total. The second kappa shape index (κ2) is 23.8. The van der Waals surface area contributed by atoms with Crippen molar-refractivity contribution in [3.63, 3.8) is 0 Å². The van der Waals surface area contributed by atoms with Crippen molar-refractivity contribution < 1.29 is 13.6 Å². The molecule has 0 saturated carbocycles. The van der Waals surface area contributed by atoms with Gasteiger partial charge in [0.15, 0.2) is 0 Å². The molecule has 1 heterocycles. The molecule has 0 aliphatic carbocycles. The number of thiazole rings is 1. The van der Waals surface area contributed by atoms with Crippen molar-refractivity contribution in [1.82, 2.24) is 4.98 Å². The first-order valence-corrected chi connectivity index (χ1v) is 25.2. The molecule has 1 atom stereocenters. The summed E-state index contributed by atoms with van der Waals surface area (Å²) in [6, 6.07) is 25.6. The number of unbranched alkanes of at least 4 members (excludes halogenated alkanes) is 4. The van der Waals surface area contributed by atoms with E-state index < -0.39 is 8.32 Å². The number of anilines is 1. The van der Waals surface area contributed by atoms with Gasteiger partial charge in [0.2, 0.25) is 8.32 Å². The lowest BCUT2D eigenvalue weighted by Gasteiger charge is -2.39. The highest BCUT2D eigenvalue weighted by Gasteiger charge is 2.26. The molecule has 0 aliphatic rings. The minimum Gasteiger partial charge on any atom is -1.00 e. The summed E-state index contributed by atoms with van der Waals surface area (Å²) in [6.45, 7) is 30.7. The Morgan fingerprint density at radius 2 is 1.15 bits per heavy atom. The van der Waals surface area contributed by atoms with Crippen LogP contribution >= 0.6 is 11.3 Å². The molecule has 54 heavy (non-hydrogen) atoms. The van der Waals surface area contributed by atoms with Crippen LogP contribution in [0.3, 0.4) is 0 Å². The van der Waals surface area contributed by atoms with Gasteiger partial charge in [0.25, 0.3) is 0 Å². The van der Waals surface area contributed by atoms with Gasteiger partial charge in [-0.15, -0.1) is 11.3 Å². The Labute approximate surface area is 335 Å². The SMILES string of the molecule is CC(C)c1cccc(C(C)C)c1NC(c1ccccc1)c1nc(-c2ccccc2O[Si](C)(C)C)cs1.CCCC[N+](CCCC)(CCCC)CCCC.[F-]. The number of quaternary nitrogens is 1. The number of hydrogen-bond acceptors (Lipinski definition) is 4. The Kier molecular flexibility index (Phi) is 20.8. The molecule has 0 aliphatic heterocycles. The molecule has 0 spiro atoms. The van der Waals surface area contributed by atoms with E-state index in [1.54, 1.807) is 11.3 Å². The number of benzene rings is 3. The molecule has 0 radical (unpaired) electrons. The van der Waals surface area contributed by atoms with Gasteiger partial charge in [-0.25, -0.2) is 4.98 Å². The summed E-state index contributed by atoms with van der Waals surface area (Å²) >= 11 is 1.70. The van der Waals surface area contributed by atoms with Gasteiger partial charge in [-0.05, 0) is 86.0 Å². The van der Waals surface area contributed by atoms with Crippen LogP contribution in [-0.2, 0) is 0 Å². The summed E-state index contributed by atoms with van der Waals surface area (Å²) in [5.41, 5.74) is 7.14. The first-order valence-electron chi connectivity index (χ1n) is 20.9. The van der Waals surface area contributed by atoms with E-state index in [2.05, 4.69) is 152 Å². The molecule has 0 fully saturated rings. The van der Waals surface area contributed by atoms with Gasteiger partial charge in [0.05, 0.1) is 31.9 Å². The molecule has 4 aromatic rings. The largest absolute Gasteiger partial charge is 1.00 e. The highest BCUT2D eigenvalue weighted by molar-refractivity contribution is 7.10. The van der Waals surface area contributed by atoms with Crippen molar-refractivity contribution in [3.8, 4) is 17.0 Å². The normalized spacial score (nSPS) is 12.2. The molecule has 0 bridgehead atoms. The zero-order valence-corrected chi connectivity index (χ0v) is 37.6. The molecule has 1 aromatic heterocycles. The molecule has 3 aromatic carbocycles. The van der Waals surface area contributed by atoms with Crippen LogP contribution in [-0.4, -0.2) is 44.0 Å². The molecule has 0 saturated heterocycles. The van der Waals surface area contributed by atoms with Crippen molar-refractivity contribution in [1.29, 1.82) is 0 Å². The van der Waals surface area contributed by atoms with E-state index in [0.717, 1.165) is 22.0 Å². The van der Waals surface area contributed by atoms with Crippen molar-refractivity contribution in [2.45, 2.75) is 144 Å². The van der Waals surface area contributed by atoms with Gasteiger partial charge in [-0.1, -0.05) is 142 Å². The van der Waals surface area contributed by atoms with Crippen LogP contribution in [0.15, 0.2) is 78.2 Å². The quantitative estimate of drug-likeness (QED) is 0.0676. The van der Waals surface area contributed by atoms with Crippen LogP contribution in [0.4, 0.5) is 5.69 Å². The van der Waals surface area contributed by atoms with E-state index in [9.17, 15) is 0 Å². The van der Waals surface area contributed by atoms with Gasteiger partial charge in [-0.2, -0.15) is 0 Å². The zero-order chi connectivity index (χ0) is 38.9. The fourth-order valence-electron chi connectivity index (χ4n) is 7.08. The number of para-hydroxylation sites is 2. The molecule has 1 unspecified atom stereocenters. The molecule has 4 rings (SSSR count). The van der Waals surface area contributed by atoms with Crippen LogP contribution < -0.4 is 14.4 Å². The molecule has 0 amide bonds. The first kappa shape index (κ1) is 47.1. The minimum absolute atomic E-state index is 0. The van der Waals surface area contributed by atoms with E-state index in [4.69, 9.17) is 9.41 Å². The Bertz CT molecular complexity index is 1540. The van der Waals surface area contributed by atoms with Crippen LogP contribution in [0.25, 0.3) is 11.3 Å². The van der Waals surface area contributed by atoms with E-state index in [1.165, 1.54) is 104 Å². The summed E-state index contributed by atoms with van der Waals surface area (Å²) in [4.78, 5) is 5.18. The van der Waals surface area contributed by atoms with Crippen molar-refractivity contribution in [3.05, 3.63) is 99.9 Å². The third kappa shape index (κ3) is 14.6. The fraction of sp³-hybridized carbons (Fsp3) is 0.553. The van der Waals surface area contributed by atoms with Crippen molar-refractivity contribution in [2.24, 2.45) is 0 Å². The highest BCUT2D eigenvalue weighted by Crippen LogP contribution is 2.39. The van der Waals surface area contributed by atoms with E-state index in [1.807, 2.05) is 6.07 Å². The molecular formula is C47H74FN3OSSi. The Morgan fingerprint density at radius 3 is 1.61 bits per heavy atom. The lowest BCUT2D eigenvalue weighted by atomic mass is 9.92. The zero-order valence-electron chi connectivity index (χ0n) is 35.8. The summed E-state index contributed by atoms with van der Waals surface area (Å²) in [6.07, 6.45) is 11.1. The third-order valence-corrected chi connectivity index (χ3v) is 11.8. The Morgan fingerprint density at radius 1 is 0.667 bits per heavy atom. The molecule has 1 N–H and O–H groups in total. The number of halogens is 1. The van der Waals surface area contributed by atoms with E-state index in [-0.39, 0.29) is 10.7 Å². The van der Waals surface area contributed by atoms with Crippen LogP contribution in [0.5, 0.6) is 5.75 Å². The van der Waals surface area contributed by atoms with Crippen LogP contribution in [0.1, 0.15) is 146 Å². The average molecular weight is 776 g/mol. The Hall–Kier alpha value is -3.00. The lowest BCUT2D eigenvalue weighted by Crippen LogP contribution is -3.00. The summed E-state index contributed by atoms with van der Waals surface area (Å²) < 4.78 is 7.83. The van der Waals surface area contributed by atoms with Gasteiger partial charge < -0.3 is 18.9 Å². The third-order valence-electron chi connectivity index (χ3n) is 10.1. The Balaban J connectivity index is 0.000000477. The van der Waals surface area contributed by atoms with Crippen LogP contribution in [0.2, 0.25) is 19.6 Å².